The van der Waals surface area contributed by atoms with Crippen LogP contribution in [0.1, 0.15) is 18.9 Å². The first-order valence-corrected chi connectivity index (χ1v) is 5.33. The van der Waals surface area contributed by atoms with Gasteiger partial charge in [-0.05, 0) is 0 Å². The summed E-state index contributed by atoms with van der Waals surface area (Å²) in [5.74, 6) is 6.17. The number of nitrogens with zero attached hydrogens (tertiary/aromatic N) is 1. The van der Waals surface area contributed by atoms with E-state index in [1.807, 2.05) is 0 Å². The van der Waals surface area contributed by atoms with Gasteiger partial charge in [0.25, 0.3) is 5.56 Å². The third kappa shape index (κ3) is 4.47. The third-order valence-corrected chi connectivity index (χ3v) is 2.29. The molecule has 0 amide bonds. The monoisotopic (exact) mass is 222 g/mol. The maximum atomic E-state index is 11.1. The van der Waals surface area contributed by atoms with E-state index in [1.165, 1.54) is 31.2 Å². The van der Waals surface area contributed by atoms with Gasteiger partial charge >= 0.3 is 0 Å². The number of aromatic amines is 1. The van der Waals surface area contributed by atoms with E-state index in [4.69, 9.17) is 0 Å². The van der Waals surface area contributed by atoms with Gasteiger partial charge in [0.1, 0.15) is 5.56 Å². The van der Waals surface area contributed by atoms with Gasteiger partial charge in [-0.25, -0.2) is 4.98 Å². The van der Waals surface area contributed by atoms with Crippen molar-refractivity contribution in [1.29, 1.82) is 0 Å². The Bertz CT molecular complexity index is 456. The molecule has 5 heteroatoms. The second-order valence-electron chi connectivity index (χ2n) is 2.69. The molecule has 0 saturated heterocycles. The Morgan fingerprint density at radius 1 is 1.67 bits per heavy atom. The average molecular weight is 222 g/mol. The zero-order chi connectivity index (χ0) is 11.1. The maximum absolute atomic E-state index is 11.1. The van der Waals surface area contributed by atoms with E-state index >= 15 is 0 Å². The third-order valence-electron chi connectivity index (χ3n) is 1.47. The minimum absolute atomic E-state index is 0.0797. The van der Waals surface area contributed by atoms with E-state index in [0.29, 0.717) is 17.7 Å². The number of carbonyl (C=O) groups is 1. The van der Waals surface area contributed by atoms with Crippen molar-refractivity contribution in [1.82, 2.24) is 9.97 Å². The summed E-state index contributed by atoms with van der Waals surface area (Å²) < 4.78 is 0. The molecule has 0 spiro atoms. The lowest BCUT2D eigenvalue weighted by molar-refractivity contribution is -0.109. The Hall–Kier alpha value is -1.54. The van der Waals surface area contributed by atoms with Crippen molar-refractivity contribution >= 4 is 16.9 Å². The zero-order valence-corrected chi connectivity index (χ0v) is 9.06. The van der Waals surface area contributed by atoms with Crippen LogP contribution in [0.15, 0.2) is 17.3 Å². The lowest BCUT2D eigenvalue weighted by atomic mass is 10.3. The van der Waals surface area contributed by atoms with Gasteiger partial charge in [0.2, 0.25) is 0 Å². The largest absolute Gasteiger partial charge is 0.312 e. The summed E-state index contributed by atoms with van der Waals surface area (Å²) in [4.78, 5) is 27.9. The molecule has 15 heavy (non-hydrogen) atoms. The molecule has 0 aliphatic carbocycles. The molecule has 0 aliphatic rings. The smallest absolute Gasteiger partial charge is 0.266 e. The number of hydrogen-bond donors (Lipinski definition) is 1. The normalized spacial score (nSPS) is 9.13. The van der Waals surface area contributed by atoms with Crippen LogP contribution in [0.5, 0.6) is 0 Å². The van der Waals surface area contributed by atoms with Crippen LogP contribution >= 0.6 is 11.8 Å². The summed E-state index contributed by atoms with van der Waals surface area (Å²) in [6.45, 7) is 1.52. The molecular formula is C10H10N2O2S. The molecule has 0 aliphatic heterocycles. The Balaban J connectivity index is 2.49. The molecule has 0 radical (unpaired) electrons. The molecule has 4 nitrogen and oxygen atoms in total. The first-order valence-electron chi connectivity index (χ1n) is 4.35. The molecule has 0 atom stereocenters. The van der Waals surface area contributed by atoms with Gasteiger partial charge in [-0.3, -0.25) is 9.59 Å². The molecule has 1 aromatic heterocycles. The highest BCUT2D eigenvalue weighted by molar-refractivity contribution is 8.13. The minimum atomic E-state index is -0.239. The highest BCUT2D eigenvalue weighted by Gasteiger charge is 1.93. The SMILES string of the molecule is CC(=O)SCCC#Cc1cnc[nH]c1=O. The fourth-order valence-corrected chi connectivity index (χ4v) is 1.33. The predicted octanol–water partition coefficient (Wildman–Crippen LogP) is 0.791. The fourth-order valence-electron chi connectivity index (χ4n) is 0.837. The molecule has 0 aromatic carbocycles. The molecule has 0 saturated carbocycles. The summed E-state index contributed by atoms with van der Waals surface area (Å²) in [7, 11) is 0. The van der Waals surface area contributed by atoms with Gasteiger partial charge < -0.3 is 4.98 Å². The number of carbonyl (C=O) groups excluding carboxylic acids is 1. The van der Waals surface area contributed by atoms with Crippen molar-refractivity contribution in [2.45, 2.75) is 13.3 Å². The van der Waals surface area contributed by atoms with Crippen LogP contribution in [0.2, 0.25) is 0 Å². The lowest BCUT2D eigenvalue weighted by Gasteiger charge is -1.89. The van der Waals surface area contributed by atoms with Gasteiger partial charge in [-0.15, -0.1) is 0 Å². The average Bonchev–Trinajstić information content (AvgIpc) is 2.20. The highest BCUT2D eigenvalue weighted by atomic mass is 32.2. The molecule has 0 bridgehead atoms. The lowest BCUT2D eigenvalue weighted by Crippen LogP contribution is -2.09. The zero-order valence-electron chi connectivity index (χ0n) is 8.24. The predicted molar refractivity (Wildman–Crippen MR) is 59.5 cm³/mol. The number of thioether (sulfide) groups is 1. The Labute approximate surface area is 91.5 Å². The molecule has 1 N–H and O–H groups in total. The standard InChI is InChI=1S/C10H10N2O2S/c1-8(13)15-5-3-2-4-9-6-11-7-12-10(9)14/h6-7H,3,5H2,1H3,(H,11,12,14). The molecule has 0 unspecified atom stereocenters. The van der Waals surface area contributed by atoms with Crippen molar-refractivity contribution in [2.75, 3.05) is 5.75 Å². The second-order valence-corrected chi connectivity index (χ2v) is 3.96. The van der Waals surface area contributed by atoms with E-state index in [-0.39, 0.29) is 10.7 Å². The van der Waals surface area contributed by atoms with Crippen LogP contribution in [0.25, 0.3) is 0 Å². The van der Waals surface area contributed by atoms with Crippen LogP contribution in [-0.2, 0) is 4.79 Å². The Morgan fingerprint density at radius 3 is 3.13 bits per heavy atom. The number of rotatable bonds is 2. The summed E-state index contributed by atoms with van der Waals surface area (Å²) >= 11 is 1.23. The van der Waals surface area contributed by atoms with Crippen molar-refractivity contribution in [3.63, 3.8) is 0 Å². The number of H-pyrrole nitrogens is 1. The van der Waals surface area contributed by atoms with Crippen LogP contribution < -0.4 is 5.56 Å². The Morgan fingerprint density at radius 2 is 2.47 bits per heavy atom. The van der Waals surface area contributed by atoms with Crippen LogP contribution in [0.3, 0.4) is 0 Å². The minimum Gasteiger partial charge on any atom is -0.312 e. The van der Waals surface area contributed by atoms with Crippen molar-refractivity contribution in [3.05, 3.63) is 28.4 Å². The molecule has 78 valence electrons. The summed E-state index contributed by atoms with van der Waals surface area (Å²) in [6.07, 6.45) is 3.32. The van der Waals surface area contributed by atoms with Gasteiger partial charge in [-0.2, -0.15) is 0 Å². The first kappa shape index (κ1) is 11.5. The van der Waals surface area contributed by atoms with Crippen LogP contribution in [0, 0.1) is 11.8 Å². The molecule has 1 heterocycles. The van der Waals surface area contributed by atoms with Gasteiger partial charge in [0.05, 0.1) is 6.33 Å². The number of aromatic nitrogens is 2. The maximum Gasteiger partial charge on any atom is 0.266 e. The van der Waals surface area contributed by atoms with Gasteiger partial charge in [0.15, 0.2) is 5.12 Å². The van der Waals surface area contributed by atoms with Crippen LogP contribution in [-0.4, -0.2) is 20.8 Å². The second kappa shape index (κ2) is 6.04. The molecule has 0 fully saturated rings. The van der Waals surface area contributed by atoms with Gasteiger partial charge in [0, 0.05) is 25.3 Å². The Kier molecular flexibility index (Phi) is 4.64. The first-order chi connectivity index (χ1) is 7.20. The van der Waals surface area contributed by atoms with Crippen molar-refractivity contribution < 1.29 is 4.79 Å². The van der Waals surface area contributed by atoms with E-state index < -0.39 is 0 Å². The van der Waals surface area contributed by atoms with E-state index in [1.54, 1.807) is 0 Å². The van der Waals surface area contributed by atoms with E-state index in [0.717, 1.165) is 0 Å². The summed E-state index contributed by atoms with van der Waals surface area (Å²) in [6, 6.07) is 0. The van der Waals surface area contributed by atoms with Crippen LogP contribution in [0.4, 0.5) is 0 Å². The highest BCUT2D eigenvalue weighted by Crippen LogP contribution is 2.01. The van der Waals surface area contributed by atoms with Crippen molar-refractivity contribution in [3.8, 4) is 11.8 Å². The van der Waals surface area contributed by atoms with E-state index in [9.17, 15) is 9.59 Å². The molecule has 1 aromatic rings. The summed E-state index contributed by atoms with van der Waals surface area (Å²) in [5.41, 5.74) is 0.113. The summed E-state index contributed by atoms with van der Waals surface area (Å²) in [5, 5.41) is 0.0797. The quantitative estimate of drug-likeness (QED) is 0.593. The fraction of sp³-hybridized carbons (Fsp3) is 0.300. The topological polar surface area (TPSA) is 62.8 Å². The van der Waals surface area contributed by atoms with Crippen molar-refractivity contribution in [2.24, 2.45) is 0 Å². The van der Waals surface area contributed by atoms with E-state index in [2.05, 4.69) is 21.8 Å². The molecular weight excluding hydrogens is 212 g/mol. The molecule has 1 rings (SSSR count). The number of hydrogen-bond acceptors (Lipinski definition) is 4. The number of nitrogens with one attached hydrogen (secondary N) is 1. The van der Waals surface area contributed by atoms with Gasteiger partial charge in [-0.1, -0.05) is 23.6 Å².